The van der Waals surface area contributed by atoms with Crippen molar-refractivity contribution in [3.63, 3.8) is 0 Å². The van der Waals surface area contributed by atoms with E-state index < -0.39 is 11.7 Å². The molecule has 1 heterocycles. The summed E-state index contributed by atoms with van der Waals surface area (Å²) in [5, 5.41) is 3.52. The maximum Gasteiger partial charge on any atom is 0.416 e. The van der Waals surface area contributed by atoms with Crippen molar-refractivity contribution < 1.29 is 13.2 Å². The maximum absolute atomic E-state index is 13.1. The Morgan fingerprint density at radius 3 is 2.46 bits per heavy atom. The van der Waals surface area contributed by atoms with Crippen molar-refractivity contribution in [3.05, 3.63) is 65.2 Å². The maximum atomic E-state index is 13.1. The van der Waals surface area contributed by atoms with Crippen molar-refractivity contribution in [2.75, 3.05) is 5.32 Å². The largest absolute Gasteiger partial charge is 0.416 e. The molecule has 2 aromatic rings. The summed E-state index contributed by atoms with van der Waals surface area (Å²) >= 11 is 0. The lowest BCUT2D eigenvalue weighted by atomic mass is 9.77. The molecule has 0 bridgehead atoms. The fraction of sp³-hybridized carbons (Fsp3) is 0.400. The minimum absolute atomic E-state index is 0.172. The molecule has 0 radical (unpaired) electrons. The van der Waals surface area contributed by atoms with Crippen molar-refractivity contribution in [2.45, 2.75) is 37.9 Å². The Balaban J connectivity index is 1.78. The number of rotatable bonds is 1. The van der Waals surface area contributed by atoms with E-state index in [0.717, 1.165) is 24.1 Å². The highest BCUT2D eigenvalue weighted by molar-refractivity contribution is 5.59. The fourth-order valence-electron chi connectivity index (χ4n) is 4.50. The summed E-state index contributed by atoms with van der Waals surface area (Å²) in [6.45, 7) is 2.20. The number of nitrogens with one attached hydrogen (secondary N) is 1. The lowest BCUT2D eigenvalue weighted by Crippen LogP contribution is -2.29. The molecule has 0 amide bonds. The van der Waals surface area contributed by atoms with Crippen LogP contribution in [0.4, 0.5) is 18.9 Å². The van der Waals surface area contributed by atoms with Gasteiger partial charge in [0.1, 0.15) is 0 Å². The molecule has 1 N–H and O–H groups in total. The first-order valence-corrected chi connectivity index (χ1v) is 8.46. The quantitative estimate of drug-likeness (QED) is 0.675. The monoisotopic (exact) mass is 331 g/mol. The Kier molecular flexibility index (Phi) is 3.59. The zero-order valence-electron chi connectivity index (χ0n) is 13.5. The third-order valence-corrected chi connectivity index (χ3v) is 5.52. The molecule has 126 valence electrons. The molecular weight excluding hydrogens is 311 g/mol. The van der Waals surface area contributed by atoms with Crippen LogP contribution < -0.4 is 5.32 Å². The predicted molar refractivity (Wildman–Crippen MR) is 88.9 cm³/mol. The molecule has 0 unspecified atom stereocenters. The van der Waals surface area contributed by atoms with Gasteiger partial charge in [-0.2, -0.15) is 13.2 Å². The van der Waals surface area contributed by atoms with Gasteiger partial charge in [0.15, 0.2) is 0 Å². The van der Waals surface area contributed by atoms with Crippen LogP contribution >= 0.6 is 0 Å². The third kappa shape index (κ3) is 2.58. The van der Waals surface area contributed by atoms with Gasteiger partial charge in [0.05, 0.1) is 11.6 Å². The number of fused-ring (bicyclic) bond motifs is 3. The number of alkyl halides is 3. The second-order valence-electron chi connectivity index (χ2n) is 7.18. The molecule has 0 aromatic heterocycles. The van der Waals surface area contributed by atoms with Gasteiger partial charge in [0.25, 0.3) is 0 Å². The number of benzene rings is 2. The molecule has 24 heavy (non-hydrogen) atoms. The summed E-state index contributed by atoms with van der Waals surface area (Å²) in [6, 6.07) is 14.6. The van der Waals surface area contributed by atoms with Gasteiger partial charge >= 0.3 is 6.18 Å². The average molecular weight is 331 g/mol. The highest BCUT2D eigenvalue weighted by atomic mass is 19.4. The molecule has 1 saturated carbocycles. The summed E-state index contributed by atoms with van der Waals surface area (Å²) in [4.78, 5) is 0. The molecule has 0 saturated heterocycles. The van der Waals surface area contributed by atoms with Gasteiger partial charge < -0.3 is 5.32 Å². The molecule has 1 fully saturated rings. The first kappa shape index (κ1) is 15.6. The van der Waals surface area contributed by atoms with E-state index in [9.17, 15) is 13.2 Å². The predicted octanol–water partition coefficient (Wildman–Crippen LogP) is 6.00. The smallest absolute Gasteiger partial charge is 0.378 e. The number of halogens is 3. The van der Waals surface area contributed by atoms with Crippen molar-refractivity contribution in [1.82, 2.24) is 0 Å². The number of hydrogen-bond acceptors (Lipinski definition) is 1. The van der Waals surface area contributed by atoms with Crippen LogP contribution in [0.25, 0.3) is 0 Å². The molecule has 1 aliphatic carbocycles. The van der Waals surface area contributed by atoms with E-state index in [0.29, 0.717) is 11.8 Å². The first-order chi connectivity index (χ1) is 11.4. The highest BCUT2D eigenvalue weighted by Crippen LogP contribution is 2.55. The van der Waals surface area contributed by atoms with Gasteiger partial charge in [-0.25, -0.2) is 0 Å². The lowest BCUT2D eigenvalue weighted by Gasteiger charge is -2.38. The standard InChI is InChI=1S/C20H20F3N/c1-12-9-15-16-11-14(20(21,22)23)7-8-18(16)24-19(17(15)10-12)13-5-3-2-4-6-13/h2-8,11-12,15,17,19,24H,9-10H2,1H3/t12-,15-,17-,19+/m0/s1. The minimum atomic E-state index is -4.29. The molecule has 4 atom stereocenters. The average Bonchev–Trinajstić information content (AvgIpc) is 2.95. The van der Waals surface area contributed by atoms with Crippen LogP contribution in [0, 0.1) is 11.8 Å². The summed E-state index contributed by atoms with van der Waals surface area (Å²) in [5.74, 6) is 1.08. The zero-order valence-corrected chi connectivity index (χ0v) is 13.5. The van der Waals surface area contributed by atoms with Crippen molar-refractivity contribution >= 4 is 5.69 Å². The second kappa shape index (κ2) is 5.54. The lowest BCUT2D eigenvalue weighted by molar-refractivity contribution is -0.137. The van der Waals surface area contributed by atoms with Crippen LogP contribution in [0.15, 0.2) is 48.5 Å². The van der Waals surface area contributed by atoms with E-state index in [4.69, 9.17) is 0 Å². The summed E-state index contributed by atoms with van der Waals surface area (Å²) < 4.78 is 39.3. The SMILES string of the molecule is C[C@@H]1C[C@@H]2[C@@H](c3ccccc3)Nc3ccc(C(F)(F)F)cc3[C@@H]2C1. The highest BCUT2D eigenvalue weighted by Gasteiger charge is 2.43. The van der Waals surface area contributed by atoms with Crippen LogP contribution in [-0.2, 0) is 6.18 Å². The molecule has 4 heteroatoms. The second-order valence-corrected chi connectivity index (χ2v) is 7.18. The van der Waals surface area contributed by atoms with E-state index in [1.165, 1.54) is 17.7 Å². The molecule has 4 rings (SSSR count). The summed E-state index contributed by atoms with van der Waals surface area (Å²) in [6.07, 6.45) is -2.28. The Morgan fingerprint density at radius 1 is 1.00 bits per heavy atom. The van der Waals surface area contributed by atoms with Crippen molar-refractivity contribution in [1.29, 1.82) is 0 Å². The topological polar surface area (TPSA) is 12.0 Å². The molecule has 2 aromatic carbocycles. The van der Waals surface area contributed by atoms with Gasteiger partial charge in [0, 0.05) is 5.69 Å². The van der Waals surface area contributed by atoms with E-state index in [1.54, 1.807) is 6.07 Å². The number of anilines is 1. The zero-order chi connectivity index (χ0) is 16.9. The fourth-order valence-corrected chi connectivity index (χ4v) is 4.50. The van der Waals surface area contributed by atoms with Crippen LogP contribution in [-0.4, -0.2) is 0 Å². The van der Waals surface area contributed by atoms with Gasteiger partial charge in [0.2, 0.25) is 0 Å². The Bertz CT molecular complexity index is 738. The van der Waals surface area contributed by atoms with Crippen LogP contribution in [0.3, 0.4) is 0 Å². The van der Waals surface area contributed by atoms with E-state index in [2.05, 4.69) is 24.4 Å². The normalized spacial score (nSPS) is 28.8. The molecule has 1 aliphatic heterocycles. The van der Waals surface area contributed by atoms with Gasteiger partial charge in [-0.3, -0.25) is 0 Å². The Labute approximate surface area is 139 Å². The van der Waals surface area contributed by atoms with Crippen molar-refractivity contribution in [2.24, 2.45) is 11.8 Å². The first-order valence-electron chi connectivity index (χ1n) is 8.46. The minimum Gasteiger partial charge on any atom is -0.378 e. The molecule has 2 aliphatic rings. The van der Waals surface area contributed by atoms with Gasteiger partial charge in [-0.15, -0.1) is 0 Å². The Morgan fingerprint density at radius 2 is 1.75 bits per heavy atom. The summed E-state index contributed by atoms with van der Waals surface area (Å²) in [7, 11) is 0. The van der Waals surface area contributed by atoms with E-state index >= 15 is 0 Å². The van der Waals surface area contributed by atoms with Gasteiger partial charge in [-0.05, 0) is 59.9 Å². The van der Waals surface area contributed by atoms with E-state index in [1.807, 2.05) is 18.2 Å². The molecule has 0 spiro atoms. The summed E-state index contributed by atoms with van der Waals surface area (Å²) in [5.41, 5.74) is 2.37. The van der Waals surface area contributed by atoms with Crippen LogP contribution in [0.2, 0.25) is 0 Å². The Hall–Kier alpha value is -1.97. The van der Waals surface area contributed by atoms with E-state index in [-0.39, 0.29) is 12.0 Å². The van der Waals surface area contributed by atoms with Crippen LogP contribution in [0.5, 0.6) is 0 Å². The molecule has 1 nitrogen and oxygen atoms in total. The van der Waals surface area contributed by atoms with Gasteiger partial charge in [-0.1, -0.05) is 37.3 Å². The van der Waals surface area contributed by atoms with Crippen LogP contribution in [0.1, 0.15) is 48.4 Å². The number of hydrogen-bond donors (Lipinski definition) is 1. The molecular formula is C20H20F3N. The van der Waals surface area contributed by atoms with Crippen molar-refractivity contribution in [3.8, 4) is 0 Å². The third-order valence-electron chi connectivity index (χ3n) is 5.52.